The van der Waals surface area contributed by atoms with Gasteiger partial charge in [0.25, 0.3) is 0 Å². The molecule has 0 aliphatic rings. The van der Waals surface area contributed by atoms with Crippen LogP contribution in [0.5, 0.6) is 0 Å². The molecule has 1 N–H and O–H groups in total. The summed E-state index contributed by atoms with van der Waals surface area (Å²) in [5, 5.41) is 14.4. The molecule has 0 radical (unpaired) electrons. The number of amides is 1. The third-order valence-corrected chi connectivity index (χ3v) is 8.54. The molecule has 0 saturated heterocycles. The molecular weight excluding hydrogens is 520 g/mol. The van der Waals surface area contributed by atoms with E-state index in [0.717, 1.165) is 22.7 Å². The molecule has 12 heteroatoms. The van der Waals surface area contributed by atoms with Crippen LogP contribution in [0.1, 0.15) is 71.0 Å². The molecule has 0 saturated carbocycles. The molecule has 3 aromatic rings. The van der Waals surface area contributed by atoms with Crippen LogP contribution in [0.15, 0.2) is 16.6 Å². The maximum Gasteiger partial charge on any atom is 0.348 e. The minimum atomic E-state index is -0.600. The zero-order valence-corrected chi connectivity index (χ0v) is 23.6. The summed E-state index contributed by atoms with van der Waals surface area (Å²) in [7, 11) is 0. The van der Waals surface area contributed by atoms with Gasteiger partial charge in [-0.1, -0.05) is 25.6 Å². The monoisotopic (exact) mass is 550 g/mol. The SMILES string of the molecule is CCOC(=O)c1sc(NC(=O)CSc2nnc(-c3csc(C(C)C)c3)n2CC)c(C(=O)OCC)c1C. The lowest BCUT2D eigenvalue weighted by Crippen LogP contribution is -2.17. The highest BCUT2D eigenvalue weighted by atomic mass is 32.2. The summed E-state index contributed by atoms with van der Waals surface area (Å²) >= 11 is 3.95. The number of carbonyl (C=O) groups is 3. The second-order valence-corrected chi connectivity index (χ2v) is 10.9. The highest BCUT2D eigenvalue weighted by Crippen LogP contribution is 2.35. The first kappa shape index (κ1) is 27.9. The van der Waals surface area contributed by atoms with Crippen molar-refractivity contribution in [3.8, 4) is 11.4 Å². The van der Waals surface area contributed by atoms with Gasteiger partial charge in [0.15, 0.2) is 11.0 Å². The highest BCUT2D eigenvalue weighted by molar-refractivity contribution is 7.99. The van der Waals surface area contributed by atoms with Crippen molar-refractivity contribution >= 4 is 57.3 Å². The Hall–Kier alpha value is -2.70. The van der Waals surface area contributed by atoms with Crippen LogP contribution in [0, 0.1) is 6.92 Å². The molecule has 0 unspecified atom stereocenters. The number of nitrogens with zero attached hydrogens (tertiary/aromatic N) is 3. The van der Waals surface area contributed by atoms with Gasteiger partial charge in [0, 0.05) is 22.4 Å². The largest absolute Gasteiger partial charge is 0.462 e. The van der Waals surface area contributed by atoms with E-state index in [9.17, 15) is 14.4 Å². The van der Waals surface area contributed by atoms with Crippen molar-refractivity contribution in [1.29, 1.82) is 0 Å². The lowest BCUT2D eigenvalue weighted by molar-refractivity contribution is -0.113. The van der Waals surface area contributed by atoms with Gasteiger partial charge in [-0.25, -0.2) is 9.59 Å². The zero-order valence-electron chi connectivity index (χ0n) is 21.2. The molecule has 0 aromatic carbocycles. The Bertz CT molecular complexity index is 1240. The number of anilines is 1. The molecule has 0 spiro atoms. The Morgan fingerprint density at radius 1 is 1.11 bits per heavy atom. The minimum Gasteiger partial charge on any atom is -0.462 e. The van der Waals surface area contributed by atoms with Crippen LogP contribution in [0.25, 0.3) is 11.4 Å². The number of carbonyl (C=O) groups excluding carboxylic acids is 3. The molecule has 0 aliphatic carbocycles. The fourth-order valence-electron chi connectivity index (χ4n) is 3.40. The molecule has 0 fully saturated rings. The molecule has 36 heavy (non-hydrogen) atoms. The van der Waals surface area contributed by atoms with Crippen molar-refractivity contribution in [3.05, 3.63) is 32.3 Å². The number of rotatable bonds is 11. The molecular formula is C24H30N4O5S3. The summed E-state index contributed by atoms with van der Waals surface area (Å²) in [6.45, 7) is 12.4. The molecule has 3 aromatic heterocycles. The first-order valence-corrected chi connectivity index (χ1v) is 14.3. The first-order chi connectivity index (χ1) is 17.2. The van der Waals surface area contributed by atoms with Gasteiger partial charge in [-0.15, -0.1) is 32.9 Å². The second kappa shape index (κ2) is 12.5. The molecule has 1 amide bonds. The zero-order chi connectivity index (χ0) is 26.4. The van der Waals surface area contributed by atoms with Gasteiger partial charge in [0.1, 0.15) is 9.88 Å². The Morgan fingerprint density at radius 3 is 2.42 bits per heavy atom. The summed E-state index contributed by atoms with van der Waals surface area (Å²) in [5.41, 5.74) is 1.60. The third kappa shape index (κ3) is 6.16. The number of nitrogens with one attached hydrogen (secondary N) is 1. The molecule has 3 rings (SSSR count). The van der Waals surface area contributed by atoms with E-state index in [0.29, 0.717) is 23.2 Å². The fraction of sp³-hybridized carbons (Fsp3) is 0.458. The lowest BCUT2D eigenvalue weighted by atomic mass is 10.1. The Morgan fingerprint density at radius 2 is 1.81 bits per heavy atom. The molecule has 0 atom stereocenters. The smallest absolute Gasteiger partial charge is 0.348 e. The maximum atomic E-state index is 12.8. The second-order valence-electron chi connectivity index (χ2n) is 7.98. The Balaban J connectivity index is 1.77. The molecule has 194 valence electrons. The van der Waals surface area contributed by atoms with Crippen molar-refractivity contribution in [1.82, 2.24) is 14.8 Å². The predicted octanol–water partition coefficient (Wildman–Crippen LogP) is 5.60. The number of hydrogen-bond donors (Lipinski definition) is 1. The van der Waals surface area contributed by atoms with Gasteiger partial charge in [0.2, 0.25) is 5.91 Å². The maximum absolute atomic E-state index is 12.8. The standard InChI is InChI=1S/C24H30N4O5S3/c1-7-28-20(15-10-16(13(4)5)34-11-15)26-27-24(28)35-12-17(29)25-21-18(22(30)32-8-2)14(6)19(36-21)23(31)33-9-3/h10-11,13H,7-9,12H2,1-6H3,(H,25,29). The Labute approximate surface area is 222 Å². The van der Waals surface area contributed by atoms with E-state index in [2.05, 4.69) is 40.8 Å². The van der Waals surface area contributed by atoms with Gasteiger partial charge >= 0.3 is 11.9 Å². The number of hydrogen-bond acceptors (Lipinski definition) is 10. The molecule has 9 nitrogen and oxygen atoms in total. The summed E-state index contributed by atoms with van der Waals surface area (Å²) in [5.74, 6) is -0.237. The van der Waals surface area contributed by atoms with Crippen LogP contribution >= 0.6 is 34.4 Å². The van der Waals surface area contributed by atoms with Crippen molar-refractivity contribution in [2.75, 3.05) is 24.3 Å². The average Bonchev–Trinajstić information content (AvgIpc) is 3.54. The van der Waals surface area contributed by atoms with Crippen LogP contribution in [0.3, 0.4) is 0 Å². The van der Waals surface area contributed by atoms with Crippen LogP contribution in [-0.4, -0.2) is 51.6 Å². The van der Waals surface area contributed by atoms with Crippen molar-refractivity contribution in [3.63, 3.8) is 0 Å². The summed E-state index contributed by atoms with van der Waals surface area (Å²) in [6.07, 6.45) is 0. The molecule has 0 bridgehead atoms. The quantitative estimate of drug-likeness (QED) is 0.242. The highest BCUT2D eigenvalue weighted by Gasteiger charge is 2.27. The average molecular weight is 551 g/mol. The van der Waals surface area contributed by atoms with E-state index in [1.54, 1.807) is 32.1 Å². The van der Waals surface area contributed by atoms with E-state index in [4.69, 9.17) is 9.47 Å². The van der Waals surface area contributed by atoms with E-state index in [-0.39, 0.29) is 40.3 Å². The van der Waals surface area contributed by atoms with Crippen LogP contribution < -0.4 is 5.32 Å². The number of aromatic nitrogens is 3. The predicted molar refractivity (Wildman–Crippen MR) is 143 cm³/mol. The van der Waals surface area contributed by atoms with E-state index >= 15 is 0 Å². The normalized spacial score (nSPS) is 11.1. The van der Waals surface area contributed by atoms with Crippen molar-refractivity contribution < 1.29 is 23.9 Å². The fourth-order valence-corrected chi connectivity index (χ4v) is 6.21. The van der Waals surface area contributed by atoms with E-state index < -0.39 is 11.9 Å². The lowest BCUT2D eigenvalue weighted by Gasteiger charge is -2.08. The molecule has 3 heterocycles. The van der Waals surface area contributed by atoms with E-state index in [1.165, 1.54) is 16.6 Å². The third-order valence-electron chi connectivity index (χ3n) is 5.15. The van der Waals surface area contributed by atoms with Gasteiger partial charge < -0.3 is 19.4 Å². The first-order valence-electron chi connectivity index (χ1n) is 11.6. The number of thioether (sulfide) groups is 1. The topological polar surface area (TPSA) is 112 Å². The van der Waals surface area contributed by atoms with Gasteiger partial charge in [-0.3, -0.25) is 4.79 Å². The van der Waals surface area contributed by atoms with Crippen LogP contribution in [-0.2, 0) is 20.8 Å². The molecule has 0 aliphatic heterocycles. The van der Waals surface area contributed by atoms with Crippen molar-refractivity contribution in [2.24, 2.45) is 0 Å². The van der Waals surface area contributed by atoms with Crippen LogP contribution in [0.4, 0.5) is 5.00 Å². The summed E-state index contributed by atoms with van der Waals surface area (Å²) < 4.78 is 12.2. The summed E-state index contributed by atoms with van der Waals surface area (Å²) in [6, 6.07) is 2.13. The summed E-state index contributed by atoms with van der Waals surface area (Å²) in [4.78, 5) is 39.3. The van der Waals surface area contributed by atoms with Gasteiger partial charge in [-0.05, 0) is 45.2 Å². The Kier molecular flexibility index (Phi) is 9.69. The van der Waals surface area contributed by atoms with Gasteiger partial charge in [-0.2, -0.15) is 0 Å². The number of ether oxygens (including phenoxy) is 2. The number of thiophene rings is 2. The van der Waals surface area contributed by atoms with Gasteiger partial charge in [0.05, 0.1) is 24.5 Å². The van der Waals surface area contributed by atoms with Crippen molar-refractivity contribution in [2.45, 2.75) is 59.2 Å². The van der Waals surface area contributed by atoms with Crippen LogP contribution in [0.2, 0.25) is 0 Å². The number of esters is 2. The minimum absolute atomic E-state index is 0.0486. The van der Waals surface area contributed by atoms with E-state index in [1.807, 2.05) is 11.5 Å².